The fourth-order valence-electron chi connectivity index (χ4n) is 1.38. The Morgan fingerprint density at radius 1 is 1.41 bits per heavy atom. The van der Waals surface area contributed by atoms with E-state index in [0.717, 1.165) is 0 Å². The van der Waals surface area contributed by atoms with Gasteiger partial charge in [0.15, 0.2) is 0 Å². The van der Waals surface area contributed by atoms with E-state index in [9.17, 15) is 9.90 Å². The molecule has 1 aromatic heterocycles. The number of phenolic OH excluding ortho intramolecular Hbond substituents is 1. The van der Waals surface area contributed by atoms with Crippen molar-refractivity contribution >= 4 is 11.6 Å². The Morgan fingerprint density at radius 3 is 2.88 bits per heavy atom. The Morgan fingerprint density at radius 2 is 2.24 bits per heavy atom. The molecular formula is C12H12N2O3. The number of nitrogen functional groups attached to an aromatic ring is 1. The van der Waals surface area contributed by atoms with Crippen molar-refractivity contribution in [2.75, 3.05) is 5.73 Å². The molecule has 0 aliphatic carbocycles. The number of carbonyl (C=O) groups is 1. The van der Waals surface area contributed by atoms with E-state index in [1.54, 1.807) is 18.4 Å². The number of carbonyl (C=O) groups excluding carboxylic acids is 1. The molecule has 5 heteroatoms. The highest BCUT2D eigenvalue weighted by Gasteiger charge is 2.08. The normalized spacial score (nSPS) is 10.1. The van der Waals surface area contributed by atoms with E-state index in [0.29, 0.717) is 17.9 Å². The van der Waals surface area contributed by atoms with Crippen LogP contribution in [-0.2, 0) is 6.54 Å². The molecule has 5 nitrogen and oxygen atoms in total. The van der Waals surface area contributed by atoms with E-state index in [4.69, 9.17) is 10.2 Å². The molecule has 1 aromatic carbocycles. The van der Waals surface area contributed by atoms with Crippen molar-refractivity contribution in [2.24, 2.45) is 0 Å². The number of hydrogen-bond donors (Lipinski definition) is 3. The molecule has 0 radical (unpaired) electrons. The molecule has 0 bridgehead atoms. The average Bonchev–Trinajstić information content (AvgIpc) is 2.82. The number of furan rings is 1. The minimum atomic E-state index is -0.270. The first-order chi connectivity index (χ1) is 8.16. The molecule has 0 fully saturated rings. The predicted octanol–water partition coefficient (Wildman–Crippen LogP) is 1.50. The van der Waals surface area contributed by atoms with E-state index in [1.807, 2.05) is 0 Å². The van der Waals surface area contributed by atoms with Crippen molar-refractivity contribution in [3.8, 4) is 5.75 Å². The Labute approximate surface area is 97.9 Å². The van der Waals surface area contributed by atoms with E-state index in [-0.39, 0.29) is 17.3 Å². The smallest absolute Gasteiger partial charge is 0.251 e. The zero-order valence-electron chi connectivity index (χ0n) is 9.01. The van der Waals surface area contributed by atoms with Crippen molar-refractivity contribution in [1.29, 1.82) is 0 Å². The van der Waals surface area contributed by atoms with Crippen LogP contribution in [0.3, 0.4) is 0 Å². The van der Waals surface area contributed by atoms with Gasteiger partial charge < -0.3 is 20.6 Å². The van der Waals surface area contributed by atoms with Crippen LogP contribution in [0.1, 0.15) is 16.1 Å². The standard InChI is InChI=1S/C12H12N2O3/c13-10-6-8(3-4-11(10)15)12(16)14-7-9-2-1-5-17-9/h1-6,15H,7,13H2,(H,14,16). The van der Waals surface area contributed by atoms with Gasteiger partial charge in [0.25, 0.3) is 5.91 Å². The van der Waals surface area contributed by atoms with Gasteiger partial charge in [-0.1, -0.05) is 0 Å². The topological polar surface area (TPSA) is 88.5 Å². The Balaban J connectivity index is 2.02. The van der Waals surface area contributed by atoms with Crippen molar-refractivity contribution < 1.29 is 14.3 Å². The maximum Gasteiger partial charge on any atom is 0.251 e. The third-order valence-electron chi connectivity index (χ3n) is 2.29. The molecule has 4 N–H and O–H groups in total. The van der Waals surface area contributed by atoms with Crippen molar-refractivity contribution in [3.63, 3.8) is 0 Å². The zero-order chi connectivity index (χ0) is 12.3. The highest BCUT2D eigenvalue weighted by atomic mass is 16.3. The SMILES string of the molecule is Nc1cc(C(=O)NCc2ccco2)ccc1O. The maximum atomic E-state index is 11.7. The minimum Gasteiger partial charge on any atom is -0.506 e. The molecule has 0 saturated carbocycles. The number of nitrogens with one attached hydrogen (secondary N) is 1. The second-order valence-corrected chi connectivity index (χ2v) is 3.54. The van der Waals surface area contributed by atoms with Gasteiger partial charge in [0, 0.05) is 5.56 Å². The summed E-state index contributed by atoms with van der Waals surface area (Å²) in [6.45, 7) is 0.312. The lowest BCUT2D eigenvalue weighted by Crippen LogP contribution is -2.22. The quantitative estimate of drug-likeness (QED) is 0.552. The van der Waals surface area contributed by atoms with Crippen LogP contribution in [-0.4, -0.2) is 11.0 Å². The van der Waals surface area contributed by atoms with Gasteiger partial charge in [0.05, 0.1) is 18.5 Å². The third-order valence-corrected chi connectivity index (χ3v) is 2.29. The molecule has 1 amide bonds. The van der Waals surface area contributed by atoms with Crippen LogP contribution in [0.15, 0.2) is 41.0 Å². The fourth-order valence-corrected chi connectivity index (χ4v) is 1.38. The monoisotopic (exact) mass is 232 g/mol. The first kappa shape index (κ1) is 11.1. The second kappa shape index (κ2) is 4.61. The molecular weight excluding hydrogens is 220 g/mol. The summed E-state index contributed by atoms with van der Waals surface area (Å²) < 4.78 is 5.08. The van der Waals surface area contributed by atoms with Crippen LogP contribution >= 0.6 is 0 Å². The number of nitrogens with two attached hydrogens (primary N) is 1. The van der Waals surface area contributed by atoms with Gasteiger partial charge >= 0.3 is 0 Å². The van der Waals surface area contributed by atoms with Crippen molar-refractivity contribution in [1.82, 2.24) is 5.32 Å². The van der Waals surface area contributed by atoms with Gasteiger partial charge in [-0.25, -0.2) is 0 Å². The Hall–Kier alpha value is -2.43. The van der Waals surface area contributed by atoms with Crippen LogP contribution in [0, 0.1) is 0 Å². The van der Waals surface area contributed by atoms with Crippen molar-refractivity contribution in [2.45, 2.75) is 6.54 Å². The van der Waals surface area contributed by atoms with Gasteiger partial charge in [-0.2, -0.15) is 0 Å². The summed E-state index contributed by atoms with van der Waals surface area (Å²) in [6, 6.07) is 7.83. The molecule has 0 spiro atoms. The number of amides is 1. The lowest BCUT2D eigenvalue weighted by Gasteiger charge is -2.05. The predicted molar refractivity (Wildman–Crippen MR) is 62.4 cm³/mol. The zero-order valence-corrected chi connectivity index (χ0v) is 9.01. The van der Waals surface area contributed by atoms with Gasteiger partial charge in [-0.15, -0.1) is 0 Å². The summed E-state index contributed by atoms with van der Waals surface area (Å²) in [5.41, 5.74) is 6.07. The van der Waals surface area contributed by atoms with E-state index in [1.165, 1.54) is 18.2 Å². The molecule has 1 heterocycles. The number of benzene rings is 1. The molecule has 0 unspecified atom stereocenters. The van der Waals surface area contributed by atoms with Crippen LogP contribution in [0.4, 0.5) is 5.69 Å². The van der Waals surface area contributed by atoms with Crippen molar-refractivity contribution in [3.05, 3.63) is 47.9 Å². The lowest BCUT2D eigenvalue weighted by atomic mass is 10.2. The second-order valence-electron chi connectivity index (χ2n) is 3.54. The highest BCUT2D eigenvalue weighted by molar-refractivity contribution is 5.95. The van der Waals surface area contributed by atoms with E-state index < -0.39 is 0 Å². The molecule has 0 aliphatic rings. The summed E-state index contributed by atoms with van der Waals surface area (Å²) in [6.07, 6.45) is 1.54. The lowest BCUT2D eigenvalue weighted by molar-refractivity contribution is 0.0948. The number of anilines is 1. The summed E-state index contributed by atoms with van der Waals surface area (Å²) >= 11 is 0. The number of phenols is 1. The first-order valence-corrected chi connectivity index (χ1v) is 5.06. The molecule has 17 heavy (non-hydrogen) atoms. The highest BCUT2D eigenvalue weighted by Crippen LogP contribution is 2.20. The summed E-state index contributed by atoms with van der Waals surface area (Å²) in [4.78, 5) is 11.7. The number of hydrogen-bond acceptors (Lipinski definition) is 4. The summed E-state index contributed by atoms with van der Waals surface area (Å²) in [7, 11) is 0. The third kappa shape index (κ3) is 2.57. The Bertz CT molecular complexity index is 521. The van der Waals surface area contributed by atoms with Gasteiger partial charge in [-0.3, -0.25) is 4.79 Å². The van der Waals surface area contributed by atoms with E-state index in [2.05, 4.69) is 5.32 Å². The molecule has 2 aromatic rings. The Kier molecular flexibility index (Phi) is 3.00. The maximum absolute atomic E-state index is 11.7. The number of rotatable bonds is 3. The molecule has 2 rings (SSSR count). The van der Waals surface area contributed by atoms with E-state index >= 15 is 0 Å². The molecule has 0 atom stereocenters. The first-order valence-electron chi connectivity index (χ1n) is 5.06. The molecule has 0 saturated heterocycles. The van der Waals surface area contributed by atoms with Crippen LogP contribution in [0.5, 0.6) is 5.75 Å². The van der Waals surface area contributed by atoms with Gasteiger partial charge in [0.1, 0.15) is 11.5 Å². The van der Waals surface area contributed by atoms with Crippen LogP contribution < -0.4 is 11.1 Å². The van der Waals surface area contributed by atoms with Crippen LogP contribution in [0.2, 0.25) is 0 Å². The molecule has 0 aliphatic heterocycles. The molecule has 88 valence electrons. The summed E-state index contributed by atoms with van der Waals surface area (Å²) in [5.74, 6) is 0.366. The van der Waals surface area contributed by atoms with Gasteiger partial charge in [0.2, 0.25) is 0 Å². The summed E-state index contributed by atoms with van der Waals surface area (Å²) in [5, 5.41) is 11.9. The van der Waals surface area contributed by atoms with Crippen LogP contribution in [0.25, 0.3) is 0 Å². The minimum absolute atomic E-state index is 0.0346. The largest absolute Gasteiger partial charge is 0.506 e. The average molecular weight is 232 g/mol. The van der Waals surface area contributed by atoms with Gasteiger partial charge in [-0.05, 0) is 30.3 Å². The fraction of sp³-hybridized carbons (Fsp3) is 0.0833. The number of aromatic hydroxyl groups is 1.